The number of anilines is 1. The minimum Gasteiger partial charge on any atom is -0.361 e. The van der Waals surface area contributed by atoms with Crippen molar-refractivity contribution in [3.05, 3.63) is 59.7 Å². The van der Waals surface area contributed by atoms with Crippen LogP contribution < -0.4 is 5.32 Å². The first-order chi connectivity index (χ1) is 10.7. The Morgan fingerprint density at radius 1 is 1.14 bits per heavy atom. The van der Waals surface area contributed by atoms with Crippen molar-refractivity contribution in [2.45, 2.75) is 24.4 Å². The minimum atomic E-state index is -0.0988. The third kappa shape index (κ3) is 2.71. The molecule has 2 aromatic rings. The van der Waals surface area contributed by atoms with Gasteiger partial charge in [-0.25, -0.2) is 0 Å². The van der Waals surface area contributed by atoms with Crippen LogP contribution in [0, 0.1) is 0 Å². The Labute approximate surface area is 135 Å². The molecule has 0 fully saturated rings. The highest BCUT2D eigenvalue weighted by Crippen LogP contribution is 2.33. The van der Waals surface area contributed by atoms with E-state index in [0.717, 1.165) is 29.8 Å². The highest BCUT2D eigenvalue weighted by Gasteiger charge is 2.31. The second kappa shape index (κ2) is 6.44. The van der Waals surface area contributed by atoms with Crippen LogP contribution in [0.15, 0.2) is 53.4 Å². The van der Waals surface area contributed by atoms with Crippen LogP contribution in [0.2, 0.25) is 0 Å². The van der Waals surface area contributed by atoms with Crippen LogP contribution in [-0.4, -0.2) is 23.6 Å². The molecule has 1 unspecified atom stereocenters. The molecular weight excluding hydrogens is 292 g/mol. The first-order valence-corrected chi connectivity index (χ1v) is 8.77. The van der Waals surface area contributed by atoms with Gasteiger partial charge < -0.3 is 10.2 Å². The lowest BCUT2D eigenvalue weighted by Crippen LogP contribution is -2.43. The fraction of sp³-hybridized carbons (Fsp3) is 0.278. The summed E-state index contributed by atoms with van der Waals surface area (Å²) in [5.74, 6) is 0.107. The van der Waals surface area contributed by atoms with E-state index in [-0.39, 0.29) is 12.1 Å². The number of carbonyl (C=O) groups is 1. The van der Waals surface area contributed by atoms with Crippen LogP contribution in [0.3, 0.4) is 0 Å². The number of hydrogen-bond donors (Lipinski definition) is 1. The Hall–Kier alpha value is -1.94. The van der Waals surface area contributed by atoms with Crippen molar-refractivity contribution in [3.63, 3.8) is 0 Å². The van der Waals surface area contributed by atoms with Crippen molar-refractivity contribution in [1.29, 1.82) is 0 Å². The normalized spacial score (nSPS) is 17.1. The molecule has 2 aromatic carbocycles. The summed E-state index contributed by atoms with van der Waals surface area (Å²) < 4.78 is 0. The second-order valence-electron chi connectivity index (χ2n) is 5.36. The molecule has 1 atom stereocenters. The summed E-state index contributed by atoms with van der Waals surface area (Å²) in [4.78, 5) is 16.0. The van der Waals surface area contributed by atoms with E-state index in [2.05, 4.69) is 42.8 Å². The number of thioether (sulfide) groups is 1. The van der Waals surface area contributed by atoms with Crippen LogP contribution in [-0.2, 0) is 0 Å². The fourth-order valence-electron chi connectivity index (χ4n) is 2.81. The molecule has 114 valence electrons. The molecule has 0 saturated heterocycles. The lowest BCUT2D eigenvalue weighted by Gasteiger charge is -2.38. The maximum Gasteiger partial charge on any atom is 0.257 e. The van der Waals surface area contributed by atoms with Gasteiger partial charge in [-0.1, -0.05) is 31.2 Å². The number of amides is 1. The van der Waals surface area contributed by atoms with Crippen molar-refractivity contribution in [1.82, 2.24) is 4.90 Å². The highest BCUT2D eigenvalue weighted by atomic mass is 32.2. The molecule has 0 bridgehead atoms. The van der Waals surface area contributed by atoms with Crippen molar-refractivity contribution in [3.8, 4) is 0 Å². The van der Waals surface area contributed by atoms with Gasteiger partial charge in [0.15, 0.2) is 0 Å². The molecular formula is C18H20N2OS. The molecule has 0 aromatic heterocycles. The largest absolute Gasteiger partial charge is 0.361 e. The third-order valence-electron chi connectivity index (χ3n) is 3.92. The molecule has 1 amide bonds. The average Bonchev–Trinajstić information content (AvgIpc) is 2.57. The Bertz CT molecular complexity index is 669. The highest BCUT2D eigenvalue weighted by molar-refractivity contribution is 7.98. The van der Waals surface area contributed by atoms with Gasteiger partial charge in [-0.05, 0) is 42.5 Å². The number of nitrogens with zero attached hydrogens (tertiary/aromatic N) is 1. The zero-order valence-corrected chi connectivity index (χ0v) is 13.7. The van der Waals surface area contributed by atoms with E-state index in [1.807, 2.05) is 29.2 Å². The zero-order chi connectivity index (χ0) is 15.5. The van der Waals surface area contributed by atoms with Crippen LogP contribution in [0.25, 0.3) is 0 Å². The molecule has 1 N–H and O–H groups in total. The van der Waals surface area contributed by atoms with Crippen molar-refractivity contribution < 1.29 is 4.79 Å². The molecule has 1 heterocycles. The fourth-order valence-corrected chi connectivity index (χ4v) is 3.22. The monoisotopic (exact) mass is 312 g/mol. The summed E-state index contributed by atoms with van der Waals surface area (Å²) in [6.07, 6.45) is 2.91. The molecule has 0 saturated carbocycles. The summed E-state index contributed by atoms with van der Waals surface area (Å²) in [5.41, 5.74) is 2.79. The smallest absolute Gasteiger partial charge is 0.257 e. The Morgan fingerprint density at radius 2 is 1.86 bits per heavy atom. The van der Waals surface area contributed by atoms with Gasteiger partial charge in [0, 0.05) is 17.1 Å². The lowest BCUT2D eigenvalue weighted by atomic mass is 10.0. The molecule has 0 spiro atoms. The van der Waals surface area contributed by atoms with Crippen LogP contribution in [0.5, 0.6) is 0 Å². The summed E-state index contributed by atoms with van der Waals surface area (Å²) in [6, 6.07) is 16.2. The van der Waals surface area contributed by atoms with E-state index in [1.165, 1.54) is 4.90 Å². The van der Waals surface area contributed by atoms with E-state index in [9.17, 15) is 4.79 Å². The summed E-state index contributed by atoms with van der Waals surface area (Å²) in [5, 5.41) is 3.51. The molecule has 1 aliphatic rings. The molecule has 0 aliphatic carbocycles. The first-order valence-electron chi connectivity index (χ1n) is 7.55. The van der Waals surface area contributed by atoms with Crippen LogP contribution in [0.1, 0.15) is 35.4 Å². The van der Waals surface area contributed by atoms with E-state index < -0.39 is 0 Å². The summed E-state index contributed by atoms with van der Waals surface area (Å²) >= 11 is 1.72. The standard InChI is InChI=1S/C18H20N2OS/c1-3-12-20-17(13-8-10-14(22-2)11-9-13)19-16-7-5-4-6-15(16)18(20)21/h4-11,17,19H,3,12H2,1-2H3. The third-order valence-corrected chi connectivity index (χ3v) is 4.66. The number of hydrogen-bond acceptors (Lipinski definition) is 3. The molecule has 3 rings (SSSR count). The Morgan fingerprint density at radius 3 is 2.55 bits per heavy atom. The summed E-state index contributed by atoms with van der Waals surface area (Å²) in [6.45, 7) is 2.84. The van der Waals surface area contributed by atoms with Crippen LogP contribution in [0.4, 0.5) is 5.69 Å². The van der Waals surface area contributed by atoms with E-state index in [4.69, 9.17) is 0 Å². The van der Waals surface area contributed by atoms with Crippen molar-refractivity contribution in [2.75, 3.05) is 18.1 Å². The summed E-state index contributed by atoms with van der Waals surface area (Å²) in [7, 11) is 0. The molecule has 1 aliphatic heterocycles. The maximum atomic E-state index is 12.8. The molecule has 3 nitrogen and oxygen atoms in total. The predicted molar refractivity (Wildman–Crippen MR) is 92.4 cm³/mol. The Kier molecular flexibility index (Phi) is 4.39. The van der Waals surface area contributed by atoms with E-state index >= 15 is 0 Å². The second-order valence-corrected chi connectivity index (χ2v) is 6.24. The minimum absolute atomic E-state index is 0.0988. The number of fused-ring (bicyclic) bond motifs is 1. The van der Waals surface area contributed by atoms with Crippen molar-refractivity contribution >= 4 is 23.4 Å². The van der Waals surface area contributed by atoms with Gasteiger partial charge in [-0.3, -0.25) is 4.79 Å². The van der Waals surface area contributed by atoms with Gasteiger partial charge in [0.05, 0.1) is 5.56 Å². The zero-order valence-electron chi connectivity index (χ0n) is 12.9. The quantitative estimate of drug-likeness (QED) is 0.850. The van der Waals surface area contributed by atoms with E-state index in [1.54, 1.807) is 11.8 Å². The predicted octanol–water partition coefficient (Wildman–Crippen LogP) is 4.39. The van der Waals surface area contributed by atoms with Crippen LogP contribution >= 0.6 is 11.8 Å². The molecule has 22 heavy (non-hydrogen) atoms. The molecule has 4 heteroatoms. The van der Waals surface area contributed by atoms with Gasteiger partial charge in [0.1, 0.15) is 6.17 Å². The van der Waals surface area contributed by atoms with Gasteiger partial charge in [-0.15, -0.1) is 11.8 Å². The number of carbonyl (C=O) groups excluding carboxylic acids is 1. The number of nitrogens with one attached hydrogen (secondary N) is 1. The number of para-hydroxylation sites is 1. The average molecular weight is 312 g/mol. The first kappa shape index (κ1) is 15.0. The van der Waals surface area contributed by atoms with Gasteiger partial charge in [-0.2, -0.15) is 0 Å². The topological polar surface area (TPSA) is 32.3 Å². The van der Waals surface area contributed by atoms with Gasteiger partial charge in [0.25, 0.3) is 5.91 Å². The molecule has 0 radical (unpaired) electrons. The van der Waals surface area contributed by atoms with E-state index in [0.29, 0.717) is 0 Å². The SMILES string of the molecule is CCCN1C(=O)c2ccccc2NC1c1ccc(SC)cc1. The maximum absolute atomic E-state index is 12.8. The van der Waals surface area contributed by atoms with Gasteiger partial charge in [0.2, 0.25) is 0 Å². The lowest BCUT2D eigenvalue weighted by molar-refractivity contribution is 0.0683. The Balaban J connectivity index is 1.99. The van der Waals surface area contributed by atoms with Crippen molar-refractivity contribution in [2.24, 2.45) is 0 Å². The number of rotatable bonds is 4. The number of benzene rings is 2. The van der Waals surface area contributed by atoms with Gasteiger partial charge >= 0.3 is 0 Å².